The zero-order valence-electron chi connectivity index (χ0n) is 10.8. The number of aliphatic hydroxyl groups excluding tert-OH is 1. The largest absolute Gasteiger partial charge is 0.396 e. The van der Waals surface area contributed by atoms with Crippen molar-refractivity contribution in [3.05, 3.63) is 0 Å². The first kappa shape index (κ1) is 14.9. The minimum absolute atomic E-state index is 0.0768. The second-order valence-corrected chi connectivity index (χ2v) is 6.94. The SMILES string of the molecule is CCC1CCCN(S(=O)(=O)CCCCO)CC1. The molecule has 0 aromatic carbocycles. The van der Waals surface area contributed by atoms with Gasteiger partial charge in [0.25, 0.3) is 0 Å². The highest BCUT2D eigenvalue weighted by atomic mass is 32.2. The van der Waals surface area contributed by atoms with Crippen molar-refractivity contribution in [1.82, 2.24) is 4.31 Å². The van der Waals surface area contributed by atoms with E-state index in [0.29, 0.717) is 31.8 Å². The topological polar surface area (TPSA) is 57.6 Å². The van der Waals surface area contributed by atoms with Crippen molar-refractivity contribution < 1.29 is 13.5 Å². The predicted molar refractivity (Wildman–Crippen MR) is 69.3 cm³/mol. The summed E-state index contributed by atoms with van der Waals surface area (Å²) in [7, 11) is -3.09. The first-order chi connectivity index (χ1) is 8.10. The first-order valence-corrected chi connectivity index (χ1v) is 8.29. The van der Waals surface area contributed by atoms with Crippen molar-refractivity contribution >= 4 is 10.0 Å². The van der Waals surface area contributed by atoms with Gasteiger partial charge in [-0.25, -0.2) is 12.7 Å². The molecule has 1 unspecified atom stereocenters. The quantitative estimate of drug-likeness (QED) is 0.741. The van der Waals surface area contributed by atoms with E-state index in [-0.39, 0.29) is 12.4 Å². The summed E-state index contributed by atoms with van der Waals surface area (Å²) in [5.74, 6) is 0.873. The molecule has 1 heterocycles. The van der Waals surface area contributed by atoms with E-state index in [4.69, 9.17) is 5.11 Å². The molecule has 1 rings (SSSR count). The third-order valence-corrected chi connectivity index (χ3v) is 5.54. The summed E-state index contributed by atoms with van der Waals surface area (Å²) in [5, 5.41) is 8.68. The van der Waals surface area contributed by atoms with Gasteiger partial charge in [-0.05, 0) is 38.0 Å². The molecule has 0 radical (unpaired) electrons. The number of rotatable bonds is 6. The monoisotopic (exact) mass is 263 g/mol. The van der Waals surface area contributed by atoms with Crippen LogP contribution in [0.5, 0.6) is 0 Å². The second kappa shape index (κ2) is 7.34. The Bertz CT molecular complexity index is 303. The lowest BCUT2D eigenvalue weighted by molar-refractivity contribution is 0.286. The number of unbranched alkanes of at least 4 members (excludes halogenated alkanes) is 1. The van der Waals surface area contributed by atoms with Gasteiger partial charge in [0, 0.05) is 19.7 Å². The standard InChI is InChI=1S/C12H25NO3S/c1-2-12-6-5-8-13(9-7-12)17(15,16)11-4-3-10-14/h12,14H,2-11H2,1H3. The summed E-state index contributed by atoms with van der Waals surface area (Å²) >= 11 is 0. The van der Waals surface area contributed by atoms with Gasteiger partial charge in [-0.15, -0.1) is 0 Å². The van der Waals surface area contributed by atoms with Gasteiger partial charge in [0.05, 0.1) is 5.75 Å². The van der Waals surface area contributed by atoms with Gasteiger partial charge in [-0.3, -0.25) is 0 Å². The molecule has 0 saturated carbocycles. The van der Waals surface area contributed by atoms with Crippen LogP contribution < -0.4 is 0 Å². The Labute approximate surface area is 105 Å². The fourth-order valence-electron chi connectivity index (χ4n) is 2.35. The highest BCUT2D eigenvalue weighted by molar-refractivity contribution is 7.89. The summed E-state index contributed by atoms with van der Waals surface area (Å²) in [6.45, 7) is 3.61. The maximum absolute atomic E-state index is 12.1. The molecule has 1 atom stereocenters. The van der Waals surface area contributed by atoms with E-state index >= 15 is 0 Å². The Kier molecular flexibility index (Phi) is 6.44. The van der Waals surface area contributed by atoms with E-state index in [0.717, 1.165) is 25.7 Å². The van der Waals surface area contributed by atoms with Crippen molar-refractivity contribution in [2.45, 2.75) is 45.4 Å². The van der Waals surface area contributed by atoms with Crippen LogP contribution in [0.2, 0.25) is 0 Å². The lowest BCUT2D eigenvalue weighted by Gasteiger charge is -2.20. The molecule has 17 heavy (non-hydrogen) atoms. The number of aliphatic hydroxyl groups is 1. The van der Waals surface area contributed by atoms with Gasteiger partial charge < -0.3 is 5.11 Å². The highest BCUT2D eigenvalue weighted by Gasteiger charge is 2.24. The van der Waals surface area contributed by atoms with Gasteiger partial charge in [-0.1, -0.05) is 13.3 Å². The zero-order chi connectivity index (χ0) is 12.7. The third kappa shape index (κ3) is 4.94. The van der Waals surface area contributed by atoms with Gasteiger partial charge in [0.15, 0.2) is 0 Å². The maximum atomic E-state index is 12.1. The molecule has 1 N–H and O–H groups in total. The lowest BCUT2D eigenvalue weighted by Crippen LogP contribution is -2.34. The van der Waals surface area contributed by atoms with Crippen molar-refractivity contribution in [2.24, 2.45) is 5.92 Å². The Morgan fingerprint density at radius 2 is 2.00 bits per heavy atom. The minimum atomic E-state index is -3.09. The molecule has 1 aliphatic heterocycles. The summed E-state index contributed by atoms with van der Waals surface area (Å²) in [6, 6.07) is 0. The summed E-state index contributed by atoms with van der Waals surface area (Å²) in [4.78, 5) is 0. The molecular formula is C12H25NO3S. The van der Waals surface area contributed by atoms with E-state index in [9.17, 15) is 8.42 Å². The van der Waals surface area contributed by atoms with Crippen LogP contribution >= 0.6 is 0 Å². The summed E-state index contributed by atoms with van der Waals surface area (Å²) < 4.78 is 25.8. The van der Waals surface area contributed by atoms with E-state index in [1.54, 1.807) is 4.31 Å². The van der Waals surface area contributed by atoms with Crippen LogP contribution in [-0.2, 0) is 10.0 Å². The molecule has 1 saturated heterocycles. The molecule has 0 bridgehead atoms. The molecular weight excluding hydrogens is 238 g/mol. The molecule has 102 valence electrons. The number of sulfonamides is 1. The first-order valence-electron chi connectivity index (χ1n) is 6.69. The molecule has 1 fully saturated rings. The molecule has 0 aliphatic carbocycles. The molecule has 0 aromatic heterocycles. The van der Waals surface area contributed by atoms with Crippen LogP contribution in [-0.4, -0.2) is 43.3 Å². The molecule has 1 aliphatic rings. The lowest BCUT2D eigenvalue weighted by atomic mass is 9.98. The second-order valence-electron chi connectivity index (χ2n) is 4.85. The molecule has 5 heteroatoms. The molecule has 4 nitrogen and oxygen atoms in total. The Morgan fingerprint density at radius 3 is 2.65 bits per heavy atom. The maximum Gasteiger partial charge on any atom is 0.214 e. The van der Waals surface area contributed by atoms with Crippen molar-refractivity contribution in [3.8, 4) is 0 Å². The predicted octanol–water partition coefficient (Wildman–Crippen LogP) is 1.60. The van der Waals surface area contributed by atoms with Crippen LogP contribution in [0.25, 0.3) is 0 Å². The van der Waals surface area contributed by atoms with E-state index in [1.807, 2.05) is 0 Å². The van der Waals surface area contributed by atoms with Crippen LogP contribution in [0.3, 0.4) is 0 Å². The normalized spacial score (nSPS) is 23.5. The number of hydrogen-bond acceptors (Lipinski definition) is 3. The Morgan fingerprint density at radius 1 is 1.24 bits per heavy atom. The van der Waals surface area contributed by atoms with Crippen LogP contribution in [0.4, 0.5) is 0 Å². The van der Waals surface area contributed by atoms with E-state index < -0.39 is 10.0 Å². The average molecular weight is 263 g/mol. The van der Waals surface area contributed by atoms with Crippen molar-refractivity contribution in [1.29, 1.82) is 0 Å². The van der Waals surface area contributed by atoms with Gasteiger partial charge in [-0.2, -0.15) is 0 Å². The fourth-order valence-corrected chi connectivity index (χ4v) is 3.97. The fraction of sp³-hybridized carbons (Fsp3) is 1.00. The average Bonchev–Trinajstić information content (AvgIpc) is 2.54. The number of nitrogens with zero attached hydrogens (tertiary/aromatic N) is 1. The van der Waals surface area contributed by atoms with Gasteiger partial charge in [0.1, 0.15) is 0 Å². The smallest absolute Gasteiger partial charge is 0.214 e. The van der Waals surface area contributed by atoms with Crippen LogP contribution in [0.15, 0.2) is 0 Å². The summed E-state index contributed by atoms with van der Waals surface area (Å²) in [5.41, 5.74) is 0. The molecule has 0 amide bonds. The van der Waals surface area contributed by atoms with E-state index in [1.165, 1.54) is 0 Å². The summed E-state index contributed by atoms with van der Waals surface area (Å²) in [6.07, 6.45) is 5.42. The number of hydrogen-bond donors (Lipinski definition) is 1. The van der Waals surface area contributed by atoms with Crippen LogP contribution in [0, 0.1) is 5.92 Å². The van der Waals surface area contributed by atoms with Crippen LogP contribution in [0.1, 0.15) is 45.4 Å². The minimum Gasteiger partial charge on any atom is -0.396 e. The van der Waals surface area contributed by atoms with Crippen molar-refractivity contribution in [3.63, 3.8) is 0 Å². The Balaban J connectivity index is 2.47. The molecule has 0 aromatic rings. The zero-order valence-corrected chi connectivity index (χ0v) is 11.6. The van der Waals surface area contributed by atoms with Gasteiger partial charge >= 0.3 is 0 Å². The van der Waals surface area contributed by atoms with E-state index in [2.05, 4.69) is 6.92 Å². The highest BCUT2D eigenvalue weighted by Crippen LogP contribution is 2.22. The van der Waals surface area contributed by atoms with Gasteiger partial charge in [0.2, 0.25) is 10.0 Å². The molecule has 0 spiro atoms. The van der Waals surface area contributed by atoms with Crippen molar-refractivity contribution in [2.75, 3.05) is 25.4 Å². The Hall–Kier alpha value is -0.130. The third-order valence-electron chi connectivity index (χ3n) is 3.59.